The van der Waals surface area contributed by atoms with E-state index in [-0.39, 0.29) is 23.8 Å². The van der Waals surface area contributed by atoms with Gasteiger partial charge in [-0.25, -0.2) is 4.98 Å². The molecule has 0 unspecified atom stereocenters. The van der Waals surface area contributed by atoms with Crippen molar-refractivity contribution in [3.05, 3.63) is 22.9 Å². The first-order valence-electron chi connectivity index (χ1n) is 13.6. The molecule has 37 heavy (non-hydrogen) atoms. The fraction of sp³-hybridized carbons (Fsp3) is 0.630. The van der Waals surface area contributed by atoms with Crippen molar-refractivity contribution < 1.29 is 14.4 Å². The third kappa shape index (κ3) is 3.91. The third-order valence-electron chi connectivity index (χ3n) is 8.98. The van der Waals surface area contributed by atoms with Crippen LogP contribution in [0.25, 0.3) is 10.2 Å². The molecule has 10 heteroatoms. The van der Waals surface area contributed by atoms with E-state index in [1.165, 1.54) is 11.3 Å². The van der Waals surface area contributed by atoms with Crippen LogP contribution in [0.15, 0.2) is 6.07 Å². The molecule has 0 aliphatic carbocycles. The van der Waals surface area contributed by atoms with Gasteiger partial charge < -0.3 is 10.6 Å². The van der Waals surface area contributed by atoms with Crippen LogP contribution >= 0.6 is 11.3 Å². The number of anilines is 1. The van der Waals surface area contributed by atoms with Gasteiger partial charge in [0.1, 0.15) is 15.2 Å². The zero-order chi connectivity index (χ0) is 25.9. The zero-order valence-electron chi connectivity index (χ0n) is 21.8. The van der Waals surface area contributed by atoms with E-state index >= 15 is 0 Å². The Balaban J connectivity index is 1.15. The Kier molecular flexibility index (Phi) is 6.14. The molecule has 3 amide bonds. The number of aromatic nitrogens is 1. The highest BCUT2D eigenvalue weighted by molar-refractivity contribution is 7.22. The number of thiophene rings is 1. The molecule has 0 aromatic carbocycles. The summed E-state index contributed by atoms with van der Waals surface area (Å²) in [5.74, 6) is -0.00409. The van der Waals surface area contributed by atoms with Gasteiger partial charge in [0.25, 0.3) is 17.7 Å². The summed E-state index contributed by atoms with van der Waals surface area (Å²) in [6.45, 7) is 7.97. The lowest BCUT2D eigenvalue weighted by Gasteiger charge is -2.44. The summed E-state index contributed by atoms with van der Waals surface area (Å²) in [5.41, 5.74) is 7.97. The van der Waals surface area contributed by atoms with Crippen molar-refractivity contribution in [3.8, 4) is 0 Å². The summed E-state index contributed by atoms with van der Waals surface area (Å²) in [6, 6.07) is 2.29. The van der Waals surface area contributed by atoms with Crippen LogP contribution in [-0.4, -0.2) is 87.8 Å². The van der Waals surface area contributed by atoms with E-state index in [9.17, 15) is 14.4 Å². The number of nitrogens with two attached hydrogens (primary N) is 1. The molecule has 6 rings (SSSR count). The SMILES string of the molecule is Cc1cc2c(C(=O)N3CCC(N4CCCC5(C4)C(=O)N4CCCCCN4C5=O)CC3)c(N)sc2nc1C. The van der Waals surface area contributed by atoms with E-state index in [1.807, 2.05) is 24.8 Å². The molecule has 4 aliphatic rings. The number of carbonyl (C=O) groups excluding carboxylic acids is 3. The largest absolute Gasteiger partial charge is 0.390 e. The second-order valence-corrected chi connectivity index (χ2v) is 12.2. The molecule has 4 aliphatic heterocycles. The van der Waals surface area contributed by atoms with Crippen molar-refractivity contribution in [2.24, 2.45) is 5.41 Å². The normalized spacial score (nSPS) is 23.2. The lowest BCUT2D eigenvalue weighted by Crippen LogP contribution is -2.56. The van der Waals surface area contributed by atoms with E-state index in [0.29, 0.717) is 49.7 Å². The average molecular weight is 525 g/mol. The maximum absolute atomic E-state index is 13.5. The number of nitrogen functional groups attached to an aromatic ring is 1. The van der Waals surface area contributed by atoms with E-state index in [1.54, 1.807) is 10.0 Å². The number of hydrogen-bond donors (Lipinski definition) is 1. The first kappa shape index (κ1) is 24.6. The number of hydrazine groups is 1. The fourth-order valence-electron chi connectivity index (χ4n) is 6.74. The Morgan fingerprint density at radius 3 is 2.35 bits per heavy atom. The van der Waals surface area contributed by atoms with Gasteiger partial charge in [-0.15, -0.1) is 0 Å². The molecule has 6 heterocycles. The monoisotopic (exact) mass is 524 g/mol. The summed E-state index contributed by atoms with van der Waals surface area (Å²) in [5, 5.41) is 4.86. The van der Waals surface area contributed by atoms with Crippen LogP contribution in [0.5, 0.6) is 0 Å². The first-order chi connectivity index (χ1) is 17.8. The van der Waals surface area contributed by atoms with Gasteiger partial charge in [0.05, 0.1) is 5.56 Å². The van der Waals surface area contributed by atoms with Gasteiger partial charge in [-0.3, -0.25) is 29.3 Å². The molecule has 2 aromatic heterocycles. The predicted molar refractivity (Wildman–Crippen MR) is 143 cm³/mol. The highest BCUT2D eigenvalue weighted by Gasteiger charge is 2.60. The Morgan fingerprint density at radius 1 is 1.00 bits per heavy atom. The molecule has 2 N–H and O–H groups in total. The van der Waals surface area contributed by atoms with Crippen LogP contribution in [0.3, 0.4) is 0 Å². The maximum Gasteiger partial charge on any atom is 0.258 e. The number of pyridine rings is 1. The molecule has 1 spiro atoms. The molecular weight excluding hydrogens is 488 g/mol. The summed E-state index contributed by atoms with van der Waals surface area (Å²) in [7, 11) is 0. The third-order valence-corrected chi connectivity index (χ3v) is 9.90. The van der Waals surface area contributed by atoms with Gasteiger partial charge in [0.15, 0.2) is 0 Å². The summed E-state index contributed by atoms with van der Waals surface area (Å²) in [4.78, 5) is 50.3. The predicted octanol–water partition coefficient (Wildman–Crippen LogP) is 2.95. The summed E-state index contributed by atoms with van der Waals surface area (Å²) < 4.78 is 0. The van der Waals surface area contributed by atoms with Crippen molar-refractivity contribution in [3.63, 3.8) is 0 Å². The van der Waals surface area contributed by atoms with Crippen LogP contribution in [-0.2, 0) is 9.59 Å². The minimum Gasteiger partial charge on any atom is -0.390 e. The Labute approximate surface area is 221 Å². The van der Waals surface area contributed by atoms with Crippen LogP contribution in [0.2, 0.25) is 0 Å². The van der Waals surface area contributed by atoms with Gasteiger partial charge in [0, 0.05) is 49.8 Å². The standard InChI is InChI=1S/C27H36N6O3S/c1-17-15-20-21(22(28)37-23(20)29-18(17)2)24(34)30-13-7-19(8-14-30)31-10-6-9-27(16-31)25(35)32-11-4-3-5-12-33(32)26(27)36/h15,19H,3-14,16,28H2,1-2H3. The van der Waals surface area contributed by atoms with Crippen molar-refractivity contribution in [1.82, 2.24) is 24.8 Å². The molecule has 2 aromatic rings. The summed E-state index contributed by atoms with van der Waals surface area (Å²) in [6.07, 6.45) is 6.13. The topological polar surface area (TPSA) is 103 Å². The molecule has 0 radical (unpaired) electrons. The van der Waals surface area contributed by atoms with Crippen LogP contribution < -0.4 is 5.73 Å². The highest BCUT2D eigenvalue weighted by atomic mass is 32.1. The van der Waals surface area contributed by atoms with E-state index in [2.05, 4.69) is 9.88 Å². The molecule has 4 saturated heterocycles. The van der Waals surface area contributed by atoms with Gasteiger partial charge in [-0.05, 0) is 77.0 Å². The number of amides is 3. The lowest BCUT2D eigenvalue weighted by atomic mass is 9.78. The number of nitrogens with zero attached hydrogens (tertiary/aromatic N) is 5. The van der Waals surface area contributed by atoms with Crippen LogP contribution in [0, 0.1) is 19.3 Å². The van der Waals surface area contributed by atoms with Crippen LogP contribution in [0.1, 0.15) is 66.6 Å². The number of fused-ring (bicyclic) bond motifs is 2. The second-order valence-electron chi connectivity index (χ2n) is 11.2. The average Bonchev–Trinajstić information content (AvgIpc) is 3.16. The van der Waals surface area contributed by atoms with Gasteiger partial charge in [-0.2, -0.15) is 0 Å². The number of hydrogen-bond acceptors (Lipinski definition) is 7. The molecular formula is C27H36N6O3S. The molecule has 4 fully saturated rings. The Hall–Kier alpha value is -2.72. The quantitative estimate of drug-likeness (QED) is 0.606. The Morgan fingerprint density at radius 2 is 1.68 bits per heavy atom. The first-order valence-corrected chi connectivity index (χ1v) is 14.5. The van der Waals surface area contributed by atoms with Gasteiger partial charge in [-0.1, -0.05) is 11.3 Å². The zero-order valence-corrected chi connectivity index (χ0v) is 22.6. The second kappa shape index (κ2) is 9.23. The molecule has 9 nitrogen and oxygen atoms in total. The molecule has 0 atom stereocenters. The number of likely N-dealkylation sites (tertiary alicyclic amines) is 2. The van der Waals surface area contributed by atoms with E-state index in [4.69, 9.17) is 5.73 Å². The molecule has 0 bridgehead atoms. The molecule has 198 valence electrons. The fourth-order valence-corrected chi connectivity index (χ4v) is 7.70. The molecule has 0 saturated carbocycles. The minimum absolute atomic E-state index is 0.00987. The number of carbonyl (C=O) groups is 3. The summed E-state index contributed by atoms with van der Waals surface area (Å²) >= 11 is 1.38. The lowest BCUT2D eigenvalue weighted by molar-refractivity contribution is -0.145. The van der Waals surface area contributed by atoms with Crippen molar-refractivity contribution >= 4 is 44.3 Å². The smallest absolute Gasteiger partial charge is 0.258 e. The number of aryl methyl sites for hydroxylation is 2. The van der Waals surface area contributed by atoms with Crippen molar-refractivity contribution in [2.75, 3.05) is 45.0 Å². The Bertz CT molecular complexity index is 1240. The van der Waals surface area contributed by atoms with E-state index < -0.39 is 5.41 Å². The maximum atomic E-state index is 13.5. The van der Waals surface area contributed by atoms with E-state index in [0.717, 1.165) is 66.5 Å². The minimum atomic E-state index is -0.921. The highest BCUT2D eigenvalue weighted by Crippen LogP contribution is 2.42. The van der Waals surface area contributed by atoms with Gasteiger partial charge >= 0.3 is 0 Å². The van der Waals surface area contributed by atoms with Crippen molar-refractivity contribution in [1.29, 1.82) is 0 Å². The number of piperidine rings is 2. The van der Waals surface area contributed by atoms with Crippen molar-refractivity contribution in [2.45, 2.75) is 64.8 Å². The van der Waals surface area contributed by atoms with Crippen LogP contribution in [0.4, 0.5) is 5.00 Å². The van der Waals surface area contributed by atoms with Gasteiger partial charge in [0.2, 0.25) is 0 Å². The number of rotatable bonds is 2.